The molecular weight excluding hydrogens is 1680 g/mol. The number of methoxy groups -OCH3 is 4. The molecule has 14 aliphatic heterocycles. The van der Waals surface area contributed by atoms with Crippen LogP contribution in [0.4, 0.5) is 5.69 Å². The smallest absolute Gasteiger partial charge is 0.468 e. The Bertz CT molecular complexity index is 6550. The first-order chi connectivity index (χ1) is 64.7. The van der Waals surface area contributed by atoms with Gasteiger partial charge < -0.3 is 47.8 Å². The van der Waals surface area contributed by atoms with Crippen LogP contribution in [0.5, 0.6) is 0 Å². The number of aromatic nitrogens is 3. The number of fused-ring (bicyclic) bond motifs is 16. The molecule has 3 saturated heterocycles. The van der Waals surface area contributed by atoms with E-state index in [4.69, 9.17) is 38.3 Å². The summed E-state index contributed by atoms with van der Waals surface area (Å²) in [6.07, 6.45) is 28.1. The van der Waals surface area contributed by atoms with E-state index in [1.54, 1.807) is 7.11 Å². The molecule has 3 aliphatic carbocycles. The molecule has 702 valence electrons. The largest absolute Gasteiger partial charge is 1.00 e. The van der Waals surface area contributed by atoms with Crippen molar-refractivity contribution in [3.8, 4) is 0 Å². The van der Waals surface area contributed by atoms with Crippen molar-refractivity contribution in [2.75, 3.05) is 112 Å². The highest BCUT2D eigenvalue weighted by molar-refractivity contribution is 5.96. The van der Waals surface area contributed by atoms with E-state index >= 15 is 0 Å². The van der Waals surface area contributed by atoms with Gasteiger partial charge in [-0.25, -0.2) is 19.2 Å². The molecule has 134 heavy (non-hydrogen) atoms. The van der Waals surface area contributed by atoms with Crippen LogP contribution in [0.25, 0.3) is 38.3 Å². The van der Waals surface area contributed by atoms with Crippen molar-refractivity contribution in [1.29, 1.82) is 0 Å². The molecule has 23 heteroatoms. The number of likely N-dealkylation sites (N-methyl/N-ethyl adjacent to an activating group) is 1. The van der Waals surface area contributed by atoms with E-state index in [0.29, 0.717) is 42.1 Å². The number of carbonyl (C=O) groups is 5. The summed E-state index contributed by atoms with van der Waals surface area (Å²) in [5, 5.41) is 19.3. The van der Waals surface area contributed by atoms with Crippen LogP contribution in [0.3, 0.4) is 0 Å². The topological polar surface area (TPSA) is 243 Å². The number of aliphatic hydroxyl groups is 1. The lowest BCUT2D eigenvalue weighted by atomic mass is 9.47. The second-order valence-corrected chi connectivity index (χ2v) is 40.6. The molecule has 0 amide bonds. The van der Waals surface area contributed by atoms with Gasteiger partial charge in [0.25, 0.3) is 0 Å². The molecule has 18 atom stereocenters. The average molecular weight is 1810 g/mol. The van der Waals surface area contributed by atoms with E-state index in [9.17, 15) is 29.1 Å². The van der Waals surface area contributed by atoms with Crippen LogP contribution in [0, 0.1) is 36.0 Å². The number of ether oxygens (including phenoxy) is 5. The molecule has 23 nitrogen and oxygen atoms in total. The molecule has 0 radical (unpaired) electrons. The Morgan fingerprint density at radius 2 is 1.23 bits per heavy atom. The zero-order valence-electron chi connectivity index (χ0n) is 81.7. The van der Waals surface area contributed by atoms with Gasteiger partial charge in [-0.15, -0.1) is 0 Å². The molecule has 8 aromatic rings. The fourth-order valence-corrected chi connectivity index (χ4v) is 29.4. The van der Waals surface area contributed by atoms with E-state index in [2.05, 4.69) is 239 Å². The molecule has 5 aromatic carbocycles. The molecule has 25 rings (SSSR count). The normalized spacial score (nSPS) is 31.9. The summed E-state index contributed by atoms with van der Waals surface area (Å²) in [7, 11) is 12.3. The Labute approximate surface area is 787 Å². The number of hydrogen-bond acceptors (Lipinski definition) is 19. The van der Waals surface area contributed by atoms with Gasteiger partial charge >= 0.3 is 37.4 Å². The van der Waals surface area contributed by atoms with Crippen molar-refractivity contribution in [1.82, 2.24) is 33.7 Å². The average Bonchev–Trinajstić information content (AvgIpc) is 1.49. The second kappa shape index (κ2) is 35.5. The van der Waals surface area contributed by atoms with E-state index in [0.717, 1.165) is 182 Å². The third-order valence-electron chi connectivity index (χ3n) is 34.0. The lowest BCUT2D eigenvalue weighted by Crippen LogP contribution is -2.81. The van der Waals surface area contributed by atoms with Crippen LogP contribution in [-0.4, -0.2) is 229 Å². The number of aryl methyl sites for hydroxylation is 3. The molecule has 1 spiro atoms. The summed E-state index contributed by atoms with van der Waals surface area (Å²) in [6.45, 7) is 27.8. The van der Waals surface area contributed by atoms with Crippen LogP contribution in [0.2, 0.25) is 0 Å². The van der Waals surface area contributed by atoms with Crippen LogP contribution >= 0.6 is 0 Å². The van der Waals surface area contributed by atoms with Gasteiger partial charge in [0.2, 0.25) is 5.60 Å². The molecule has 17 heterocycles. The van der Waals surface area contributed by atoms with Gasteiger partial charge in [0, 0.05) is 181 Å². The fraction of sp³-hybridized carbons (Fsp3) is 0.495. The third kappa shape index (κ3) is 14.0. The number of hydrogen-bond donors (Lipinski definition) is 2. The fourth-order valence-electron chi connectivity index (χ4n) is 29.4. The molecule has 12 bridgehead atoms. The van der Waals surface area contributed by atoms with E-state index in [1.807, 2.05) is 25.2 Å². The predicted molar refractivity (Wildman–Crippen MR) is 518 cm³/mol. The Morgan fingerprint density at radius 1 is 0.627 bits per heavy atom. The van der Waals surface area contributed by atoms with Gasteiger partial charge in [-0.05, 0) is 191 Å². The number of nitrogens with one attached hydrogen (secondary N) is 1. The van der Waals surface area contributed by atoms with Crippen LogP contribution in [-0.2, 0) is 112 Å². The van der Waals surface area contributed by atoms with Crippen molar-refractivity contribution >= 4 is 86.2 Å². The minimum atomic E-state index is -2.13. The Balaban J connectivity index is 0.000000128. The maximum atomic E-state index is 14.3. The van der Waals surface area contributed by atoms with Crippen molar-refractivity contribution in [2.45, 2.75) is 203 Å². The van der Waals surface area contributed by atoms with Gasteiger partial charge in [-0.2, -0.15) is 9.59 Å². The Kier molecular flexibility index (Phi) is 24.4. The van der Waals surface area contributed by atoms with Crippen LogP contribution in [0.15, 0.2) is 184 Å². The number of nitrogens with zero attached hydrogens (tertiary/aromatic N) is 9. The van der Waals surface area contributed by atoms with Gasteiger partial charge in [0.1, 0.15) is 23.9 Å². The number of carbonyl (C=O) groups excluding carboxylic acids is 7. The zero-order chi connectivity index (χ0) is 94.1. The summed E-state index contributed by atoms with van der Waals surface area (Å²) in [4.78, 5) is 104. The minimum Gasteiger partial charge on any atom is -0.468 e. The van der Waals surface area contributed by atoms with Crippen molar-refractivity contribution in [3.05, 3.63) is 240 Å². The lowest BCUT2D eigenvalue weighted by molar-refractivity contribution is -0.528. The predicted octanol–water partition coefficient (Wildman–Crippen LogP) is 13.6. The third-order valence-corrected chi connectivity index (χ3v) is 34.0. The molecule has 4 fully saturated rings. The molecule has 1 saturated carbocycles. The van der Waals surface area contributed by atoms with Crippen molar-refractivity contribution in [3.63, 3.8) is 0 Å². The standard InChI is InChI=1S/C46H58N4O5.C22H26N2O2.C21H24N2O2.C21H23N2O2.CO2/c1-9-30-23-31-25-43(5,38-33(16-20-49(26-30)27-31)32-14-11-12-15-36(32)47(38)6)34-24-35-37(22-28(34)3)48(7)40-45(35)18-21-50-19-13-17-44(10-2,39(45)50)41(55-29(4)51)46(40,53)42(52)54-8;1-4-15-11-14-12-22(21(25)26-3)19(15)24(13-14)10-9-17-16-7-5-6-8-18(16)23(2)20(17)22;1-3-14-10-13-11-21(20(24)25-2)18-16(8-9-23(12-13)19(14)21)15-6-4-5-7-17(15)22-18;1-3-14-10-15-11-18(21(24)25-2)20-17(8-9-23(12-14)13-15)16-6-4-5-7-19(16)22-20;2-1-3/h11-15,17,22-24,31,39-41,53H,9-10,16,18-21,25-27H2,1-8H3;5-8,11,14,19H,4,9-10,12-13H2,1-3H3;4-7,10,13,19,22H,3,8-9,11-12H2,1-2H3;4-7,10,12,15H,3,8-9,11,13H2,1-2H3;/q;;;+1;/p+1/b;;;20-18-;/t31-,39-,40+,41+,43+,44+,45+,46-;;;;/m0..../s1. The van der Waals surface area contributed by atoms with Gasteiger partial charge in [0.15, 0.2) is 12.3 Å². The van der Waals surface area contributed by atoms with Gasteiger partial charge in [0.05, 0.1) is 63.2 Å². The molecular formula is C111H132N10O13+2. The van der Waals surface area contributed by atoms with E-state index < -0.39 is 51.3 Å². The van der Waals surface area contributed by atoms with Crippen LogP contribution in [0.1, 0.15) is 171 Å². The van der Waals surface area contributed by atoms with E-state index in [-0.39, 0.29) is 49.0 Å². The maximum absolute atomic E-state index is 14.3. The summed E-state index contributed by atoms with van der Waals surface area (Å²) in [6, 6.07) is 38.3. The van der Waals surface area contributed by atoms with Gasteiger partial charge in [-0.1, -0.05) is 167 Å². The quantitative estimate of drug-likeness (QED) is 0.0529. The Hall–Kier alpha value is -11.2. The number of esters is 5. The number of rotatable bonds is 11. The molecule has 10 unspecified atom stereocenters. The second-order valence-electron chi connectivity index (χ2n) is 40.6. The monoisotopic (exact) mass is 1810 g/mol. The number of piperidine rings is 2. The van der Waals surface area contributed by atoms with Crippen molar-refractivity contribution in [2.24, 2.45) is 48.2 Å². The molecule has 17 aliphatic rings. The Morgan fingerprint density at radius 3 is 1.88 bits per heavy atom. The first-order valence-corrected chi connectivity index (χ1v) is 49.0. The molecule has 3 aromatic heterocycles. The molecule has 2 N–H and O–H groups in total. The number of anilines is 1. The maximum Gasteiger partial charge on any atom is 1.00 e. The van der Waals surface area contributed by atoms with E-state index in [1.165, 1.54) is 128 Å². The minimum absolute atomic E-state index is 0. The number of aromatic amines is 1. The number of allylic oxidation sites excluding steroid dienone is 2. The summed E-state index contributed by atoms with van der Waals surface area (Å²) in [5.74, 6) is -0.111. The number of benzene rings is 5. The number of H-pyrrole nitrogens is 1. The van der Waals surface area contributed by atoms with Crippen molar-refractivity contribution < 1.29 is 68.4 Å². The highest BCUT2D eigenvalue weighted by Crippen LogP contribution is 2.69. The lowest BCUT2D eigenvalue weighted by Gasteiger charge is -2.63. The summed E-state index contributed by atoms with van der Waals surface area (Å²) < 4.78 is 34.8. The SMILES string of the molecule is CCC1=CC2C/C(C(=O)OC)=C3/N=c4ccccc4=C3CC[N+](=C1)C2.CCC1=CC2CN3CCc4c([nH]c5ccccc45)C(C(=O)OC)(C2)C13.CCC1=CC2CN3CCc4c(n(C)c5ccccc45)C(C(=O)OC)(C2)C13.CCC1=C[C@@H]2CN(CCc3c(n(C)c4ccccc34)[C@@](C)(c3cc4c(cc3C)N(C)[C@H]3[C@@](O)(C(=O)OC)[C@H](OC(C)=O)[C@]5(CC)C=CCN6CC[C@]43[C@@H]65)C2)C1.O=C=O.[H+]. The first-order valence-electron chi connectivity index (χ1n) is 49.0. The number of para-hydroxylation sites is 4. The summed E-state index contributed by atoms with van der Waals surface area (Å²) in [5.41, 5.74) is 19.4. The first kappa shape index (κ1) is 91.9. The van der Waals surface area contributed by atoms with Gasteiger partial charge in [-0.3, -0.25) is 34.0 Å². The summed E-state index contributed by atoms with van der Waals surface area (Å²) >= 11 is 0. The highest BCUT2D eigenvalue weighted by Gasteiger charge is 2.81. The highest BCUT2D eigenvalue weighted by atomic mass is 16.6. The van der Waals surface area contributed by atoms with Crippen LogP contribution < -0.4 is 15.5 Å². The zero-order valence-corrected chi connectivity index (χ0v) is 80.7.